The Balaban J connectivity index is 1.27. The molecule has 4 unspecified atom stereocenters. The van der Waals surface area contributed by atoms with Crippen molar-refractivity contribution < 1.29 is 0 Å². The van der Waals surface area contributed by atoms with Gasteiger partial charge in [-0.2, -0.15) is 0 Å². The zero-order valence-corrected chi connectivity index (χ0v) is 35.8. The van der Waals surface area contributed by atoms with Crippen molar-refractivity contribution in [2.75, 3.05) is 9.80 Å². The number of hydrogen-bond acceptors (Lipinski definition) is 3. The summed E-state index contributed by atoms with van der Waals surface area (Å²) in [5, 5.41) is 2.55. The van der Waals surface area contributed by atoms with E-state index in [0.717, 1.165) is 0 Å². The second-order valence-electron chi connectivity index (χ2n) is 19.4. The van der Waals surface area contributed by atoms with Gasteiger partial charge in [-0.15, -0.1) is 11.8 Å². The van der Waals surface area contributed by atoms with E-state index in [4.69, 9.17) is 0 Å². The fourth-order valence-electron chi connectivity index (χ4n) is 11.1. The quantitative estimate of drug-likeness (QED) is 0.170. The van der Waals surface area contributed by atoms with Crippen LogP contribution in [0.15, 0.2) is 126 Å². The van der Waals surface area contributed by atoms with Gasteiger partial charge in [-0.25, -0.2) is 0 Å². The van der Waals surface area contributed by atoms with E-state index in [1.807, 2.05) is 0 Å². The maximum Gasteiger partial charge on any atom is 0.0517 e. The topological polar surface area (TPSA) is 6.48 Å². The van der Waals surface area contributed by atoms with Crippen molar-refractivity contribution in [3.05, 3.63) is 143 Å². The molecule has 9 rings (SSSR count). The molecule has 56 heavy (non-hydrogen) atoms. The lowest BCUT2D eigenvalue weighted by Crippen LogP contribution is -2.54. The number of hydrogen-bond donors (Lipinski definition) is 0. The molecule has 288 valence electrons. The van der Waals surface area contributed by atoms with E-state index in [-0.39, 0.29) is 26.5 Å². The van der Waals surface area contributed by atoms with Gasteiger partial charge in [0.1, 0.15) is 0 Å². The van der Waals surface area contributed by atoms with Crippen LogP contribution in [0.4, 0.5) is 22.7 Å². The van der Waals surface area contributed by atoms with Crippen molar-refractivity contribution >= 4 is 34.5 Å². The molecule has 0 amide bonds. The lowest BCUT2D eigenvalue weighted by atomic mass is 9.61. The molecule has 2 heterocycles. The Morgan fingerprint density at radius 2 is 1.18 bits per heavy atom. The Labute approximate surface area is 341 Å². The van der Waals surface area contributed by atoms with E-state index >= 15 is 0 Å². The Kier molecular flexibility index (Phi) is 8.97. The molecular weight excluding hydrogens is 697 g/mol. The minimum Gasteiger partial charge on any atom is -0.334 e. The zero-order valence-electron chi connectivity index (χ0n) is 35.0. The third-order valence-electron chi connectivity index (χ3n) is 14.9. The van der Waals surface area contributed by atoms with E-state index in [9.17, 15) is 0 Å². The SMILES string of the molecule is Cc1cc(N(C2=CSC3(C)CCCCC23C)c2cc(-c3ccccc3)cc(-c3ccccc3)c2)cc(N2c3ccc(C(C)(C)C)cc3C3(C)CCCCC23C)c1. The molecule has 5 aromatic carbocycles. The molecule has 0 bridgehead atoms. The van der Waals surface area contributed by atoms with Crippen LogP contribution >= 0.6 is 11.8 Å². The van der Waals surface area contributed by atoms with E-state index in [2.05, 4.69) is 198 Å². The van der Waals surface area contributed by atoms with Crippen molar-refractivity contribution in [3.63, 3.8) is 0 Å². The van der Waals surface area contributed by atoms with E-state index in [1.54, 1.807) is 0 Å². The van der Waals surface area contributed by atoms with Crippen molar-refractivity contribution in [1.29, 1.82) is 0 Å². The summed E-state index contributed by atoms with van der Waals surface area (Å²) in [5.74, 6) is 0. The molecule has 4 atom stereocenters. The zero-order chi connectivity index (χ0) is 39.1. The molecule has 0 radical (unpaired) electrons. The summed E-state index contributed by atoms with van der Waals surface area (Å²) in [4.78, 5) is 5.46. The summed E-state index contributed by atoms with van der Waals surface area (Å²) < 4.78 is 0.167. The van der Waals surface area contributed by atoms with Gasteiger partial charge < -0.3 is 9.80 Å². The van der Waals surface area contributed by atoms with E-state index in [1.165, 1.54) is 119 Å². The monoisotopic (exact) mass is 756 g/mol. The molecule has 0 saturated heterocycles. The number of rotatable bonds is 6. The van der Waals surface area contributed by atoms with Gasteiger partial charge in [0.15, 0.2) is 0 Å². The summed E-state index contributed by atoms with van der Waals surface area (Å²) >= 11 is 2.08. The molecule has 3 heteroatoms. The smallest absolute Gasteiger partial charge is 0.0517 e. The minimum absolute atomic E-state index is 0.0237. The number of allylic oxidation sites excluding steroid dienone is 1. The predicted molar refractivity (Wildman–Crippen MR) is 243 cm³/mol. The Bertz CT molecular complexity index is 2260. The lowest BCUT2D eigenvalue weighted by Gasteiger charge is -2.50. The van der Waals surface area contributed by atoms with Crippen molar-refractivity contribution in [3.8, 4) is 22.3 Å². The molecule has 5 aromatic rings. The van der Waals surface area contributed by atoms with Crippen molar-refractivity contribution in [2.45, 2.75) is 128 Å². The summed E-state index contributed by atoms with van der Waals surface area (Å²) in [7, 11) is 0. The lowest BCUT2D eigenvalue weighted by molar-refractivity contribution is 0.194. The summed E-state index contributed by atoms with van der Waals surface area (Å²) in [6.07, 6.45) is 9.99. The van der Waals surface area contributed by atoms with Crippen LogP contribution in [0.3, 0.4) is 0 Å². The molecular formula is C53H60N2S. The molecule has 0 aromatic heterocycles. The van der Waals surface area contributed by atoms with E-state index < -0.39 is 0 Å². The second kappa shape index (κ2) is 13.4. The van der Waals surface area contributed by atoms with Crippen LogP contribution in [0.25, 0.3) is 22.3 Å². The molecule has 2 nitrogen and oxygen atoms in total. The fraction of sp³-hybridized carbons (Fsp3) is 0.396. The number of nitrogens with zero attached hydrogens (tertiary/aromatic N) is 2. The van der Waals surface area contributed by atoms with Gasteiger partial charge in [-0.3, -0.25) is 0 Å². The standard InChI is InChI=1S/C53H60N2S/c1-37-29-43(35-45(30-37)55-47-24-23-42(49(2,3)4)34-46(47)50(5)25-15-17-27-52(50,55)7)54(48-36-56-53(8)28-18-16-26-51(48,53)6)44-32-40(38-19-11-9-12-20-38)31-41(33-44)39-21-13-10-14-22-39/h9-14,19-24,29-36H,15-18,25-28H2,1-8H3. The molecule has 2 aliphatic carbocycles. The first-order valence-electron chi connectivity index (χ1n) is 21.3. The Morgan fingerprint density at radius 3 is 1.82 bits per heavy atom. The highest BCUT2D eigenvalue weighted by atomic mass is 32.2. The first-order valence-corrected chi connectivity index (χ1v) is 22.1. The molecule has 2 saturated carbocycles. The molecule has 2 fully saturated rings. The Morgan fingerprint density at radius 1 is 0.589 bits per heavy atom. The number of benzene rings is 5. The van der Waals surface area contributed by atoms with Crippen LogP contribution in [0.1, 0.15) is 117 Å². The number of anilines is 4. The molecule has 0 N–H and O–H groups in total. The first kappa shape index (κ1) is 37.4. The molecule has 2 aliphatic heterocycles. The van der Waals surface area contributed by atoms with Crippen LogP contribution < -0.4 is 9.80 Å². The van der Waals surface area contributed by atoms with Gasteiger partial charge in [0, 0.05) is 44.0 Å². The second-order valence-corrected chi connectivity index (χ2v) is 20.8. The average Bonchev–Trinajstić information content (AvgIpc) is 3.58. The number of aryl methyl sites for hydroxylation is 1. The summed E-state index contributed by atoms with van der Waals surface area (Å²) in [6.45, 7) is 19.6. The highest BCUT2D eigenvalue weighted by Crippen LogP contribution is 2.65. The third-order valence-corrected chi connectivity index (χ3v) is 16.4. The normalized spacial score (nSPS) is 27.0. The Hall–Kier alpha value is -4.21. The van der Waals surface area contributed by atoms with Gasteiger partial charge in [0.25, 0.3) is 0 Å². The van der Waals surface area contributed by atoms with Crippen molar-refractivity contribution in [1.82, 2.24) is 0 Å². The predicted octanol–water partition coefficient (Wildman–Crippen LogP) is 15.4. The van der Waals surface area contributed by atoms with Gasteiger partial charge in [-0.1, -0.05) is 133 Å². The van der Waals surface area contributed by atoms with Crippen LogP contribution in [-0.4, -0.2) is 10.3 Å². The van der Waals surface area contributed by atoms with Gasteiger partial charge >= 0.3 is 0 Å². The number of thioether (sulfide) groups is 1. The molecule has 4 aliphatic rings. The maximum atomic E-state index is 2.78. The average molecular weight is 757 g/mol. The largest absolute Gasteiger partial charge is 0.334 e. The highest BCUT2D eigenvalue weighted by Gasteiger charge is 2.58. The van der Waals surface area contributed by atoms with Crippen LogP contribution in [-0.2, 0) is 10.8 Å². The summed E-state index contributed by atoms with van der Waals surface area (Å²) in [6, 6.07) is 44.1. The minimum atomic E-state index is -0.0237. The van der Waals surface area contributed by atoms with Gasteiger partial charge in [0.05, 0.1) is 5.54 Å². The van der Waals surface area contributed by atoms with E-state index in [0.29, 0.717) is 0 Å². The van der Waals surface area contributed by atoms with Crippen LogP contribution in [0.2, 0.25) is 0 Å². The van der Waals surface area contributed by atoms with Gasteiger partial charge in [0.2, 0.25) is 0 Å². The fourth-order valence-corrected chi connectivity index (χ4v) is 12.5. The first-order chi connectivity index (χ1) is 26.7. The number of fused-ring (bicyclic) bond motifs is 4. The summed E-state index contributed by atoms with van der Waals surface area (Å²) in [5.41, 5.74) is 16.1. The van der Waals surface area contributed by atoms with Crippen LogP contribution in [0, 0.1) is 12.3 Å². The maximum absolute atomic E-state index is 2.78. The van der Waals surface area contributed by atoms with Crippen LogP contribution in [0.5, 0.6) is 0 Å². The van der Waals surface area contributed by atoms with Crippen molar-refractivity contribution in [2.24, 2.45) is 5.41 Å². The third kappa shape index (κ3) is 5.81. The molecule has 0 spiro atoms. The highest BCUT2D eigenvalue weighted by molar-refractivity contribution is 8.03. The van der Waals surface area contributed by atoms with Gasteiger partial charge in [-0.05, 0) is 139 Å².